The molecule has 2 aliphatic heterocycles. The number of β-lactam (4-membered cyclic amide) rings is 1. The van der Waals surface area contributed by atoms with Crippen molar-refractivity contribution in [2.24, 2.45) is 0 Å². The maximum absolute atomic E-state index is 12.8. The van der Waals surface area contributed by atoms with Gasteiger partial charge in [-0.3, -0.25) is 14.7 Å². The molecule has 0 saturated carbocycles. The zero-order valence-electron chi connectivity index (χ0n) is 16.5. The van der Waals surface area contributed by atoms with Crippen molar-refractivity contribution < 1.29 is 14.3 Å². The summed E-state index contributed by atoms with van der Waals surface area (Å²) < 4.78 is 5.36. The van der Waals surface area contributed by atoms with Gasteiger partial charge in [0, 0.05) is 39.5 Å². The Balaban J connectivity index is 1.32. The standard InChI is InChI=1S/C21H17Cl2N3O3S3/c22-13-1-2-15(23)12(9-13)10-17(30)25-18-19(27)26-16(5-8-31-20(18)26)21(28)29-11-32-14-3-6-24-7-4-14/h1-7,9,18,20H,8,10-11H2,(H,25,30). The second kappa shape index (κ2) is 10.4. The fourth-order valence-electron chi connectivity index (χ4n) is 3.27. The van der Waals surface area contributed by atoms with Crippen LogP contribution in [0.5, 0.6) is 0 Å². The lowest BCUT2D eigenvalue weighted by molar-refractivity contribution is -0.150. The van der Waals surface area contributed by atoms with E-state index in [0.717, 1.165) is 10.5 Å². The maximum atomic E-state index is 12.8. The number of pyridine rings is 1. The van der Waals surface area contributed by atoms with Crippen LogP contribution in [-0.2, 0) is 20.7 Å². The average molecular weight is 526 g/mol. The molecule has 11 heteroatoms. The van der Waals surface area contributed by atoms with Crippen molar-refractivity contribution in [2.45, 2.75) is 22.7 Å². The van der Waals surface area contributed by atoms with Gasteiger partial charge in [-0.1, -0.05) is 47.2 Å². The van der Waals surface area contributed by atoms with Gasteiger partial charge >= 0.3 is 5.97 Å². The number of aromatic nitrogens is 1. The van der Waals surface area contributed by atoms with Gasteiger partial charge in [0.2, 0.25) is 0 Å². The lowest BCUT2D eigenvalue weighted by Gasteiger charge is -2.48. The number of esters is 1. The van der Waals surface area contributed by atoms with E-state index < -0.39 is 12.0 Å². The number of halogens is 2. The molecule has 6 nitrogen and oxygen atoms in total. The van der Waals surface area contributed by atoms with Gasteiger partial charge in [-0.25, -0.2) is 4.79 Å². The Morgan fingerprint density at radius 2 is 2.09 bits per heavy atom. The lowest BCUT2D eigenvalue weighted by Crippen LogP contribution is -2.70. The largest absolute Gasteiger partial charge is 0.450 e. The second-order valence-corrected chi connectivity index (χ2v) is 10.3. The lowest BCUT2D eigenvalue weighted by atomic mass is 10.0. The van der Waals surface area contributed by atoms with Gasteiger partial charge in [0.05, 0.1) is 4.99 Å². The monoisotopic (exact) mass is 525 g/mol. The van der Waals surface area contributed by atoms with Crippen LogP contribution in [0.2, 0.25) is 10.0 Å². The molecule has 1 aromatic carbocycles. The number of carbonyl (C=O) groups is 2. The molecular formula is C21H17Cl2N3O3S3. The SMILES string of the molecule is O=C(OCSc1ccncc1)C1=CCSC2C(NC(=S)Cc3cc(Cl)ccc3Cl)C(=O)N12. The van der Waals surface area contributed by atoms with Crippen molar-refractivity contribution in [3.8, 4) is 0 Å². The van der Waals surface area contributed by atoms with E-state index in [9.17, 15) is 9.59 Å². The first-order chi connectivity index (χ1) is 15.4. The van der Waals surface area contributed by atoms with Crippen molar-refractivity contribution in [1.29, 1.82) is 0 Å². The van der Waals surface area contributed by atoms with Crippen molar-refractivity contribution in [3.63, 3.8) is 0 Å². The van der Waals surface area contributed by atoms with Crippen molar-refractivity contribution in [2.75, 3.05) is 11.7 Å². The number of nitrogens with one attached hydrogen (secondary N) is 1. The summed E-state index contributed by atoms with van der Waals surface area (Å²) in [6.07, 6.45) is 5.43. The number of benzene rings is 1. The number of fused-ring (bicyclic) bond motifs is 1. The van der Waals surface area contributed by atoms with Gasteiger partial charge in [0.25, 0.3) is 5.91 Å². The molecule has 1 fully saturated rings. The Bertz CT molecular complexity index is 1080. The highest BCUT2D eigenvalue weighted by molar-refractivity contribution is 8.00. The third-order valence-electron chi connectivity index (χ3n) is 4.80. The van der Waals surface area contributed by atoms with E-state index in [1.807, 2.05) is 12.1 Å². The zero-order valence-corrected chi connectivity index (χ0v) is 20.5. The summed E-state index contributed by atoms with van der Waals surface area (Å²) >= 11 is 20.6. The summed E-state index contributed by atoms with van der Waals surface area (Å²) in [5.41, 5.74) is 1.06. The first kappa shape index (κ1) is 23.4. The number of nitrogens with zero attached hydrogens (tertiary/aromatic N) is 2. The predicted molar refractivity (Wildman–Crippen MR) is 132 cm³/mol. The number of carbonyl (C=O) groups excluding carboxylic acids is 2. The smallest absolute Gasteiger partial charge is 0.355 e. The van der Waals surface area contributed by atoms with Gasteiger partial charge in [0.15, 0.2) is 0 Å². The molecule has 2 aliphatic rings. The summed E-state index contributed by atoms with van der Waals surface area (Å²) in [5, 5.41) is 4.01. The van der Waals surface area contributed by atoms with Gasteiger partial charge in [-0.2, -0.15) is 0 Å². The van der Waals surface area contributed by atoms with Crippen LogP contribution in [0.15, 0.2) is 59.4 Å². The average Bonchev–Trinajstić information content (AvgIpc) is 2.80. The van der Waals surface area contributed by atoms with Crippen molar-refractivity contribution >= 4 is 75.8 Å². The first-order valence-electron chi connectivity index (χ1n) is 9.52. The quantitative estimate of drug-likeness (QED) is 0.188. The molecule has 1 amide bonds. The third kappa shape index (κ3) is 5.23. The van der Waals surface area contributed by atoms with E-state index >= 15 is 0 Å². The van der Waals surface area contributed by atoms with Crippen LogP contribution in [0.25, 0.3) is 0 Å². The molecule has 2 aromatic rings. The molecule has 0 radical (unpaired) electrons. The Morgan fingerprint density at radius 3 is 2.88 bits per heavy atom. The third-order valence-corrected chi connectivity index (χ3v) is 7.69. The summed E-state index contributed by atoms with van der Waals surface area (Å²) in [4.78, 5) is 32.2. The molecule has 1 saturated heterocycles. The van der Waals surface area contributed by atoms with E-state index in [2.05, 4.69) is 10.3 Å². The van der Waals surface area contributed by atoms with E-state index in [0.29, 0.717) is 27.2 Å². The van der Waals surface area contributed by atoms with Gasteiger partial charge in [-0.05, 0) is 42.0 Å². The minimum absolute atomic E-state index is 0.145. The molecule has 4 rings (SSSR count). The van der Waals surface area contributed by atoms with Crippen molar-refractivity contribution in [1.82, 2.24) is 15.2 Å². The summed E-state index contributed by atoms with van der Waals surface area (Å²) in [6.45, 7) is 0. The van der Waals surface area contributed by atoms with Gasteiger partial charge in [0.1, 0.15) is 23.1 Å². The van der Waals surface area contributed by atoms with E-state index in [4.69, 9.17) is 40.2 Å². The van der Waals surface area contributed by atoms with E-state index in [-0.39, 0.29) is 22.9 Å². The van der Waals surface area contributed by atoms with Crippen LogP contribution in [0.4, 0.5) is 0 Å². The number of thiocarbonyl (C=S) groups is 1. The van der Waals surface area contributed by atoms with Crippen LogP contribution in [0, 0.1) is 0 Å². The van der Waals surface area contributed by atoms with Gasteiger partial charge in [-0.15, -0.1) is 11.8 Å². The number of rotatable bonds is 7. The molecular weight excluding hydrogens is 509 g/mol. The van der Waals surface area contributed by atoms with Gasteiger partial charge < -0.3 is 10.1 Å². The number of hydrogen-bond acceptors (Lipinski definition) is 7. The zero-order chi connectivity index (χ0) is 22.7. The van der Waals surface area contributed by atoms with Crippen LogP contribution < -0.4 is 5.32 Å². The fraction of sp³-hybridized carbons (Fsp3) is 0.238. The molecule has 3 heterocycles. The van der Waals surface area contributed by atoms with Crippen LogP contribution >= 0.6 is 58.9 Å². The Hall–Kier alpha value is -1.78. The summed E-state index contributed by atoms with van der Waals surface area (Å²) in [7, 11) is 0. The molecule has 0 aliphatic carbocycles. The summed E-state index contributed by atoms with van der Waals surface area (Å²) in [5.74, 6) is 0.0110. The molecule has 2 atom stereocenters. The van der Waals surface area contributed by atoms with Crippen LogP contribution in [0.1, 0.15) is 5.56 Å². The Morgan fingerprint density at radius 1 is 1.31 bits per heavy atom. The molecule has 0 spiro atoms. The van der Waals surface area contributed by atoms with Crippen molar-refractivity contribution in [3.05, 3.63) is 70.1 Å². The van der Waals surface area contributed by atoms with E-state index in [1.165, 1.54) is 16.7 Å². The number of thioether (sulfide) groups is 2. The Kier molecular flexibility index (Phi) is 7.63. The second-order valence-electron chi connectivity index (χ2n) is 6.86. The molecule has 166 valence electrons. The highest BCUT2D eigenvalue weighted by atomic mass is 35.5. The maximum Gasteiger partial charge on any atom is 0.355 e. The van der Waals surface area contributed by atoms with Crippen LogP contribution in [-0.4, -0.2) is 49.9 Å². The fourth-order valence-corrected chi connectivity index (χ4v) is 5.74. The number of hydrogen-bond donors (Lipinski definition) is 1. The summed E-state index contributed by atoms with van der Waals surface area (Å²) in [6, 6.07) is 8.33. The highest BCUT2D eigenvalue weighted by Gasteiger charge is 2.52. The predicted octanol–water partition coefficient (Wildman–Crippen LogP) is 4.31. The molecule has 32 heavy (non-hydrogen) atoms. The molecule has 1 aromatic heterocycles. The van der Waals surface area contributed by atoms with E-state index in [1.54, 1.807) is 48.4 Å². The normalized spacial score (nSPS) is 19.5. The minimum Gasteiger partial charge on any atom is -0.450 e. The molecule has 2 unspecified atom stereocenters. The topological polar surface area (TPSA) is 71.5 Å². The minimum atomic E-state index is -0.517. The highest BCUT2D eigenvalue weighted by Crippen LogP contribution is 2.38. The number of ether oxygens (including phenoxy) is 1. The van der Waals surface area contributed by atoms with Crippen LogP contribution in [0.3, 0.4) is 0 Å². The Labute approximate surface area is 209 Å². The molecule has 1 N–H and O–H groups in total. The molecule has 0 bridgehead atoms. The first-order valence-corrected chi connectivity index (χ1v) is 12.7. The number of amides is 1.